The third-order valence-electron chi connectivity index (χ3n) is 2.33. The van der Waals surface area contributed by atoms with Gasteiger partial charge in [0.25, 0.3) is 0 Å². The third-order valence-corrected chi connectivity index (χ3v) is 5.39. The van der Waals surface area contributed by atoms with Crippen LogP contribution < -0.4 is 0 Å². The fourth-order valence-electron chi connectivity index (χ4n) is 1.14. The van der Waals surface area contributed by atoms with Gasteiger partial charge in [-0.15, -0.1) is 0 Å². The molecule has 16 heavy (non-hydrogen) atoms. The topological polar surface area (TPSA) is 25.8 Å². The molecule has 0 radical (unpaired) electrons. The number of hydrogen-bond acceptors (Lipinski definition) is 3. The van der Waals surface area contributed by atoms with Gasteiger partial charge in [0.05, 0.1) is 15.0 Å². The van der Waals surface area contributed by atoms with Crippen molar-refractivity contribution in [3.05, 3.63) is 20.2 Å². The molecular formula is C11H16ClIN2S. The Morgan fingerprint density at radius 2 is 2.06 bits per heavy atom. The van der Waals surface area contributed by atoms with Crippen molar-refractivity contribution in [2.24, 2.45) is 0 Å². The maximum absolute atomic E-state index is 6.08. The summed E-state index contributed by atoms with van der Waals surface area (Å²) in [6.07, 6.45) is 2.07. The van der Waals surface area contributed by atoms with Crippen LogP contribution in [0.2, 0.25) is 5.15 Å². The Labute approximate surface area is 120 Å². The van der Waals surface area contributed by atoms with Gasteiger partial charge in [-0.2, -0.15) is 11.8 Å². The van der Waals surface area contributed by atoms with Crippen molar-refractivity contribution >= 4 is 46.0 Å². The normalized spacial score (nSPS) is 12.8. The largest absolute Gasteiger partial charge is 0.236 e. The lowest BCUT2D eigenvalue weighted by atomic mass is 10.3. The molecular weight excluding hydrogens is 355 g/mol. The zero-order valence-electron chi connectivity index (χ0n) is 9.76. The monoisotopic (exact) mass is 370 g/mol. The minimum absolute atomic E-state index is 0.590. The van der Waals surface area contributed by atoms with E-state index >= 15 is 0 Å². The molecule has 0 N–H and O–H groups in total. The smallest absolute Gasteiger partial charge is 0.146 e. The van der Waals surface area contributed by atoms with Gasteiger partial charge in [0.15, 0.2) is 0 Å². The summed E-state index contributed by atoms with van der Waals surface area (Å²) in [7, 11) is 0. The lowest BCUT2D eigenvalue weighted by Crippen LogP contribution is -2.03. The van der Waals surface area contributed by atoms with Crippen molar-refractivity contribution in [3.8, 4) is 0 Å². The van der Waals surface area contributed by atoms with Crippen LogP contribution in [0.15, 0.2) is 0 Å². The molecule has 1 atom stereocenters. The zero-order valence-corrected chi connectivity index (χ0v) is 13.5. The van der Waals surface area contributed by atoms with Crippen molar-refractivity contribution in [3.63, 3.8) is 0 Å². The molecule has 0 bridgehead atoms. The number of nitrogens with zero attached hydrogens (tertiary/aromatic N) is 2. The van der Waals surface area contributed by atoms with Gasteiger partial charge in [-0.1, -0.05) is 32.4 Å². The fraction of sp³-hybridized carbons (Fsp3) is 0.636. The van der Waals surface area contributed by atoms with Gasteiger partial charge in [-0.05, 0) is 35.4 Å². The van der Waals surface area contributed by atoms with Crippen molar-refractivity contribution in [2.75, 3.05) is 0 Å². The molecule has 0 aliphatic heterocycles. The van der Waals surface area contributed by atoms with Gasteiger partial charge in [-0.3, -0.25) is 0 Å². The van der Waals surface area contributed by atoms with Crippen LogP contribution >= 0.6 is 46.0 Å². The van der Waals surface area contributed by atoms with E-state index in [9.17, 15) is 0 Å². The van der Waals surface area contributed by atoms with Gasteiger partial charge >= 0.3 is 0 Å². The maximum atomic E-state index is 6.08. The second kappa shape index (κ2) is 7.01. The van der Waals surface area contributed by atoms with Gasteiger partial charge < -0.3 is 0 Å². The lowest BCUT2D eigenvalue weighted by molar-refractivity contribution is 0.893. The molecule has 0 saturated heterocycles. The highest BCUT2D eigenvalue weighted by Crippen LogP contribution is 2.23. The minimum Gasteiger partial charge on any atom is -0.236 e. The first-order valence-corrected chi connectivity index (χ1v) is 7.91. The molecule has 1 heterocycles. The number of rotatable bonds is 5. The molecule has 2 nitrogen and oxygen atoms in total. The highest BCUT2D eigenvalue weighted by Gasteiger charge is 2.10. The standard InChI is InChI=1S/C11H16ClIN2S/c1-4-7(3)16-6-9-14-8(5-2)10(13)11(12)15-9/h7H,4-6H2,1-3H3. The zero-order chi connectivity index (χ0) is 12.1. The molecule has 0 spiro atoms. The summed E-state index contributed by atoms with van der Waals surface area (Å²) < 4.78 is 0.985. The average molecular weight is 371 g/mol. The molecule has 1 unspecified atom stereocenters. The molecule has 0 aliphatic carbocycles. The van der Waals surface area contributed by atoms with Crippen LogP contribution in [0, 0.1) is 3.57 Å². The molecule has 0 amide bonds. The van der Waals surface area contributed by atoms with E-state index in [0.717, 1.165) is 27.3 Å². The molecule has 0 saturated carbocycles. The Bertz CT molecular complexity index is 360. The molecule has 0 fully saturated rings. The van der Waals surface area contributed by atoms with Crippen molar-refractivity contribution in [2.45, 2.75) is 44.6 Å². The van der Waals surface area contributed by atoms with E-state index < -0.39 is 0 Å². The number of thioether (sulfide) groups is 1. The first-order chi connectivity index (χ1) is 7.58. The quantitative estimate of drug-likeness (QED) is 0.570. The highest BCUT2D eigenvalue weighted by atomic mass is 127. The molecule has 5 heteroatoms. The van der Waals surface area contributed by atoms with Crippen LogP contribution in [0.4, 0.5) is 0 Å². The molecule has 1 aromatic rings. The second-order valence-corrected chi connectivity index (χ2v) is 6.44. The third kappa shape index (κ3) is 4.04. The number of hydrogen-bond donors (Lipinski definition) is 0. The first-order valence-electron chi connectivity index (χ1n) is 5.40. The Balaban J connectivity index is 2.78. The minimum atomic E-state index is 0.590. The summed E-state index contributed by atoms with van der Waals surface area (Å²) in [5.41, 5.74) is 1.06. The van der Waals surface area contributed by atoms with Crippen LogP contribution in [-0.2, 0) is 12.2 Å². The fourth-order valence-corrected chi connectivity index (χ4v) is 2.77. The summed E-state index contributed by atoms with van der Waals surface area (Å²) in [5.74, 6) is 1.70. The summed E-state index contributed by atoms with van der Waals surface area (Å²) in [4.78, 5) is 8.85. The van der Waals surface area contributed by atoms with E-state index in [1.807, 2.05) is 11.8 Å². The van der Waals surface area contributed by atoms with Gasteiger partial charge in [0.2, 0.25) is 0 Å². The van der Waals surface area contributed by atoms with E-state index in [2.05, 4.69) is 53.3 Å². The van der Waals surface area contributed by atoms with Crippen molar-refractivity contribution in [1.82, 2.24) is 9.97 Å². The van der Waals surface area contributed by atoms with Crippen LogP contribution in [0.3, 0.4) is 0 Å². The van der Waals surface area contributed by atoms with Crippen LogP contribution in [0.25, 0.3) is 0 Å². The molecule has 1 rings (SSSR count). The van der Waals surface area contributed by atoms with Gasteiger partial charge in [0.1, 0.15) is 11.0 Å². The van der Waals surface area contributed by atoms with Gasteiger partial charge in [0, 0.05) is 5.25 Å². The lowest BCUT2D eigenvalue weighted by Gasteiger charge is -2.09. The maximum Gasteiger partial charge on any atom is 0.146 e. The Morgan fingerprint density at radius 1 is 1.38 bits per heavy atom. The van der Waals surface area contributed by atoms with E-state index in [0.29, 0.717) is 10.4 Å². The SMILES string of the molecule is CCc1nc(CSC(C)CC)nc(Cl)c1I. The first kappa shape index (κ1) is 14.5. The van der Waals surface area contributed by atoms with E-state index in [-0.39, 0.29) is 0 Å². The average Bonchev–Trinajstić information content (AvgIpc) is 2.29. The van der Waals surface area contributed by atoms with Crippen LogP contribution in [0.5, 0.6) is 0 Å². The molecule has 0 aliphatic rings. The summed E-state index contributed by atoms with van der Waals surface area (Å²) in [6, 6.07) is 0. The highest BCUT2D eigenvalue weighted by molar-refractivity contribution is 14.1. The Hall–Kier alpha value is 0.450. The van der Waals surface area contributed by atoms with E-state index in [1.165, 1.54) is 6.42 Å². The predicted molar refractivity (Wildman–Crippen MR) is 80.2 cm³/mol. The van der Waals surface area contributed by atoms with Crippen molar-refractivity contribution < 1.29 is 0 Å². The van der Waals surface area contributed by atoms with Crippen LogP contribution in [-0.4, -0.2) is 15.2 Å². The van der Waals surface area contributed by atoms with Gasteiger partial charge in [-0.25, -0.2) is 9.97 Å². The second-order valence-electron chi connectivity index (χ2n) is 3.57. The molecule has 1 aromatic heterocycles. The van der Waals surface area contributed by atoms with E-state index in [1.54, 1.807) is 0 Å². The van der Waals surface area contributed by atoms with E-state index in [4.69, 9.17) is 11.6 Å². The van der Waals surface area contributed by atoms with Crippen molar-refractivity contribution in [1.29, 1.82) is 0 Å². The number of aryl methyl sites for hydroxylation is 1. The molecule has 0 aromatic carbocycles. The molecule has 90 valence electrons. The Morgan fingerprint density at radius 3 is 2.62 bits per heavy atom. The summed E-state index contributed by atoms with van der Waals surface area (Å²) in [5, 5.41) is 1.24. The summed E-state index contributed by atoms with van der Waals surface area (Å²) >= 11 is 10.2. The number of aromatic nitrogens is 2. The number of halogens is 2. The van der Waals surface area contributed by atoms with Crippen LogP contribution in [0.1, 0.15) is 38.7 Å². The summed E-state index contributed by atoms with van der Waals surface area (Å²) in [6.45, 7) is 6.50. The predicted octanol–water partition coefficient (Wildman–Crippen LogP) is 4.33. The Kier molecular flexibility index (Phi) is 6.36.